The Morgan fingerprint density at radius 3 is 1.23 bits per heavy atom. The van der Waals surface area contributed by atoms with Gasteiger partial charge in [0.05, 0.1) is 14.2 Å². The summed E-state index contributed by atoms with van der Waals surface area (Å²) in [6.45, 7) is 0. The molecule has 0 spiro atoms. The van der Waals surface area contributed by atoms with Crippen LogP contribution in [0.4, 0.5) is 0 Å². The SMILES string of the molecule is COC#COC.Cl.c1cc2ccc1-2. The van der Waals surface area contributed by atoms with Crippen LogP contribution in [0.25, 0.3) is 11.1 Å². The molecule has 0 aromatic carbocycles. The largest absolute Gasteiger partial charge is 0.448 e. The molecule has 0 unspecified atom stereocenters. The van der Waals surface area contributed by atoms with Gasteiger partial charge in [-0.2, -0.15) is 0 Å². The molecule has 0 aliphatic heterocycles. The summed E-state index contributed by atoms with van der Waals surface area (Å²) < 4.78 is 8.59. The van der Waals surface area contributed by atoms with Crippen molar-refractivity contribution in [2.75, 3.05) is 14.2 Å². The van der Waals surface area contributed by atoms with Crippen molar-refractivity contribution in [1.29, 1.82) is 0 Å². The van der Waals surface area contributed by atoms with Crippen molar-refractivity contribution in [3.05, 3.63) is 24.3 Å². The van der Waals surface area contributed by atoms with Crippen molar-refractivity contribution < 1.29 is 9.47 Å². The first-order chi connectivity index (χ1) is 5.88. The third-order valence-electron chi connectivity index (χ3n) is 1.46. The van der Waals surface area contributed by atoms with Gasteiger partial charge in [0.1, 0.15) is 0 Å². The monoisotopic (exact) mass is 198 g/mol. The van der Waals surface area contributed by atoms with Gasteiger partial charge in [-0.3, -0.25) is 0 Å². The van der Waals surface area contributed by atoms with Crippen LogP contribution >= 0.6 is 12.4 Å². The van der Waals surface area contributed by atoms with Gasteiger partial charge in [0.2, 0.25) is 0 Å². The van der Waals surface area contributed by atoms with E-state index in [0.29, 0.717) is 0 Å². The van der Waals surface area contributed by atoms with E-state index in [1.165, 1.54) is 25.3 Å². The number of benzene rings is 1. The topological polar surface area (TPSA) is 18.5 Å². The highest BCUT2D eigenvalue weighted by Crippen LogP contribution is 2.29. The molecule has 2 aliphatic carbocycles. The van der Waals surface area contributed by atoms with Crippen molar-refractivity contribution in [3.8, 4) is 23.3 Å². The maximum Gasteiger partial charge on any atom is 0.154 e. The van der Waals surface area contributed by atoms with Crippen LogP contribution in [0, 0.1) is 12.2 Å². The van der Waals surface area contributed by atoms with E-state index in [4.69, 9.17) is 0 Å². The summed E-state index contributed by atoms with van der Waals surface area (Å²) in [6.07, 6.45) is 4.45. The van der Waals surface area contributed by atoms with E-state index in [0.717, 1.165) is 0 Å². The zero-order valence-corrected chi connectivity index (χ0v) is 8.35. The molecule has 0 aromatic rings. The van der Waals surface area contributed by atoms with Gasteiger partial charge in [0, 0.05) is 0 Å². The molecule has 0 atom stereocenters. The van der Waals surface area contributed by atoms with E-state index in [2.05, 4.69) is 46.0 Å². The first-order valence-electron chi connectivity index (χ1n) is 3.55. The molecule has 2 rings (SSSR count). The molecule has 13 heavy (non-hydrogen) atoms. The van der Waals surface area contributed by atoms with Gasteiger partial charge >= 0.3 is 0 Å². The Bertz CT molecular complexity index is 266. The molecule has 0 radical (unpaired) electrons. The highest BCUT2D eigenvalue weighted by atomic mass is 35.5. The molecular weight excluding hydrogens is 188 g/mol. The normalized spacial score (nSPS) is 7.54. The average Bonchev–Trinajstić information content (AvgIpc) is 2.09. The predicted molar refractivity (Wildman–Crippen MR) is 54.5 cm³/mol. The van der Waals surface area contributed by atoms with Crippen LogP contribution in [0.5, 0.6) is 0 Å². The Morgan fingerprint density at radius 1 is 0.846 bits per heavy atom. The third kappa shape index (κ3) is 3.27. The molecule has 0 fully saturated rings. The van der Waals surface area contributed by atoms with E-state index < -0.39 is 0 Å². The van der Waals surface area contributed by atoms with E-state index in [9.17, 15) is 0 Å². The molecule has 2 nitrogen and oxygen atoms in total. The van der Waals surface area contributed by atoms with Crippen LogP contribution in [0.3, 0.4) is 0 Å². The van der Waals surface area contributed by atoms with E-state index >= 15 is 0 Å². The lowest BCUT2D eigenvalue weighted by Gasteiger charge is -2.10. The molecule has 0 heterocycles. The van der Waals surface area contributed by atoms with Gasteiger partial charge in [0.25, 0.3) is 0 Å². The second-order valence-electron chi connectivity index (χ2n) is 2.19. The van der Waals surface area contributed by atoms with E-state index in [1.807, 2.05) is 0 Å². The molecule has 0 aromatic heterocycles. The number of halogens is 1. The Morgan fingerprint density at radius 2 is 1.15 bits per heavy atom. The zero-order valence-electron chi connectivity index (χ0n) is 7.53. The first kappa shape index (κ1) is 11.7. The standard InChI is InChI=1S/C6H4.C4H6O2.ClH/c1-2-6-4-3-5(1)6;1-5-3-4-6-2;/h1-4H;1-2H3;1H. The molecule has 0 saturated heterocycles. The van der Waals surface area contributed by atoms with E-state index in [-0.39, 0.29) is 12.4 Å². The first-order valence-corrected chi connectivity index (χ1v) is 3.55. The van der Waals surface area contributed by atoms with Gasteiger partial charge < -0.3 is 9.47 Å². The lowest BCUT2D eigenvalue weighted by atomic mass is 9.95. The Kier molecular flexibility index (Phi) is 5.58. The average molecular weight is 199 g/mol. The molecule has 0 amide bonds. The van der Waals surface area contributed by atoms with Crippen molar-refractivity contribution in [2.45, 2.75) is 0 Å². The van der Waals surface area contributed by atoms with Crippen molar-refractivity contribution >= 4 is 12.4 Å². The number of hydrogen-bond acceptors (Lipinski definition) is 2. The number of rotatable bonds is 0. The summed E-state index contributed by atoms with van der Waals surface area (Å²) in [7, 11) is 2.96. The van der Waals surface area contributed by atoms with Crippen LogP contribution in [0.15, 0.2) is 24.3 Å². The van der Waals surface area contributed by atoms with Crippen molar-refractivity contribution in [1.82, 2.24) is 0 Å². The van der Waals surface area contributed by atoms with Crippen LogP contribution in [0.1, 0.15) is 0 Å². The third-order valence-corrected chi connectivity index (χ3v) is 1.46. The maximum absolute atomic E-state index is 4.30. The summed E-state index contributed by atoms with van der Waals surface area (Å²) in [4.78, 5) is 0. The van der Waals surface area contributed by atoms with Gasteiger partial charge in [-0.05, 0) is 11.1 Å². The number of hydrogen-bond donors (Lipinski definition) is 0. The van der Waals surface area contributed by atoms with Gasteiger partial charge in [-0.1, -0.05) is 24.3 Å². The molecule has 70 valence electrons. The minimum absolute atomic E-state index is 0. The summed E-state index contributed by atoms with van der Waals surface area (Å²) in [5.74, 6) is 0. The molecule has 3 heteroatoms. The molecule has 0 N–H and O–H groups in total. The van der Waals surface area contributed by atoms with Crippen molar-refractivity contribution in [3.63, 3.8) is 0 Å². The number of methoxy groups -OCH3 is 2. The number of ether oxygens (including phenoxy) is 2. The van der Waals surface area contributed by atoms with Gasteiger partial charge in [-0.15, -0.1) is 12.4 Å². The minimum atomic E-state index is 0. The van der Waals surface area contributed by atoms with Crippen LogP contribution < -0.4 is 0 Å². The van der Waals surface area contributed by atoms with Crippen LogP contribution in [-0.2, 0) is 9.47 Å². The van der Waals surface area contributed by atoms with E-state index in [1.54, 1.807) is 0 Å². The highest BCUT2D eigenvalue weighted by Gasteiger charge is 2.03. The fraction of sp³-hybridized carbons (Fsp3) is 0.200. The highest BCUT2D eigenvalue weighted by molar-refractivity contribution is 5.85. The molecule has 2 aliphatic rings. The predicted octanol–water partition coefficient (Wildman–Crippen LogP) is 2.29. The molecular formula is C10H11ClO2. The smallest absolute Gasteiger partial charge is 0.154 e. The Hall–Kier alpha value is -1.33. The quantitative estimate of drug-likeness (QED) is 0.605. The fourth-order valence-electron chi connectivity index (χ4n) is 0.746. The lowest BCUT2D eigenvalue weighted by Crippen LogP contribution is -1.85. The summed E-state index contributed by atoms with van der Waals surface area (Å²) in [5, 5.41) is 0. The van der Waals surface area contributed by atoms with Crippen LogP contribution in [0.2, 0.25) is 0 Å². The summed E-state index contributed by atoms with van der Waals surface area (Å²) in [5.41, 5.74) is 2.85. The minimum Gasteiger partial charge on any atom is -0.448 e. The molecule has 0 saturated carbocycles. The molecule has 0 bridgehead atoms. The number of fused-ring (bicyclic) bond motifs is 1. The second-order valence-corrected chi connectivity index (χ2v) is 2.19. The zero-order chi connectivity index (χ0) is 8.81. The van der Waals surface area contributed by atoms with Gasteiger partial charge in [0.15, 0.2) is 12.2 Å². The Balaban J connectivity index is 0.000000206. The van der Waals surface area contributed by atoms with Crippen LogP contribution in [-0.4, -0.2) is 14.2 Å². The van der Waals surface area contributed by atoms with Crippen molar-refractivity contribution in [2.24, 2.45) is 0 Å². The van der Waals surface area contributed by atoms with Gasteiger partial charge in [-0.25, -0.2) is 0 Å². The maximum atomic E-state index is 4.30. The Labute approximate surface area is 84.3 Å². The second kappa shape index (κ2) is 6.22. The lowest BCUT2D eigenvalue weighted by molar-refractivity contribution is 0.336. The fourth-order valence-corrected chi connectivity index (χ4v) is 0.746. The summed E-state index contributed by atoms with van der Waals surface area (Å²) in [6, 6.07) is 8.48. The summed E-state index contributed by atoms with van der Waals surface area (Å²) >= 11 is 0.